The summed E-state index contributed by atoms with van der Waals surface area (Å²) in [5.74, 6) is -0.235. The Kier molecular flexibility index (Phi) is 6.73. The number of nitrogens with one attached hydrogen (secondary N) is 2. The highest BCUT2D eigenvalue weighted by atomic mass is 35.5. The minimum atomic E-state index is -0.496. The molecule has 0 atom stereocenters. The molecule has 2 rings (SSSR count). The largest absolute Gasteiger partial charge is 0.496 e. The number of methoxy groups -OCH3 is 1. The summed E-state index contributed by atoms with van der Waals surface area (Å²) in [4.78, 5) is 25.2. The smallest absolute Gasteiger partial charge is 0.273 e. The molecule has 0 heterocycles. The third-order valence-corrected chi connectivity index (χ3v) is 4.82. The number of carbonyl (C=O) groups excluding carboxylic acids is 2. The number of carbonyl (C=O) groups is 2. The van der Waals surface area contributed by atoms with Crippen LogP contribution in [0.1, 0.15) is 21.5 Å². The average molecular weight is 379 g/mol. The standard InChI is InChI=1S/C18H19ClN2O3S/c1-11-4-7-16(12(2)8-11)25-10-17(22)20-21-18(23)14-9-13(19)5-6-15(14)24-3/h4-9H,10H2,1-3H3,(H,20,22)(H,21,23). The second-order valence-corrected chi connectivity index (χ2v) is 6.86. The van der Waals surface area contributed by atoms with E-state index in [0.29, 0.717) is 10.8 Å². The summed E-state index contributed by atoms with van der Waals surface area (Å²) in [6.45, 7) is 4.02. The van der Waals surface area contributed by atoms with Crippen LogP contribution in [0.5, 0.6) is 5.75 Å². The molecule has 7 heteroatoms. The highest BCUT2D eigenvalue weighted by molar-refractivity contribution is 8.00. The van der Waals surface area contributed by atoms with Crippen LogP contribution in [0.25, 0.3) is 0 Å². The molecule has 2 aromatic carbocycles. The number of hydrazine groups is 1. The van der Waals surface area contributed by atoms with Gasteiger partial charge in [-0.25, -0.2) is 0 Å². The lowest BCUT2D eigenvalue weighted by molar-refractivity contribution is -0.119. The van der Waals surface area contributed by atoms with Gasteiger partial charge < -0.3 is 4.74 Å². The molecule has 0 saturated carbocycles. The molecule has 25 heavy (non-hydrogen) atoms. The van der Waals surface area contributed by atoms with Crippen LogP contribution in [0, 0.1) is 13.8 Å². The van der Waals surface area contributed by atoms with Crippen molar-refractivity contribution < 1.29 is 14.3 Å². The van der Waals surface area contributed by atoms with Crippen LogP contribution in [-0.2, 0) is 4.79 Å². The van der Waals surface area contributed by atoms with Crippen LogP contribution >= 0.6 is 23.4 Å². The van der Waals surface area contributed by atoms with Gasteiger partial charge in [-0.2, -0.15) is 0 Å². The van der Waals surface area contributed by atoms with Crippen molar-refractivity contribution >= 4 is 35.2 Å². The van der Waals surface area contributed by atoms with Crippen molar-refractivity contribution in [3.8, 4) is 5.75 Å². The van der Waals surface area contributed by atoms with Gasteiger partial charge in [0.2, 0.25) is 5.91 Å². The van der Waals surface area contributed by atoms with Gasteiger partial charge in [-0.15, -0.1) is 11.8 Å². The maximum absolute atomic E-state index is 12.2. The average Bonchev–Trinajstić information content (AvgIpc) is 2.58. The number of halogens is 1. The number of ether oxygens (including phenoxy) is 1. The Morgan fingerprint density at radius 2 is 1.88 bits per heavy atom. The van der Waals surface area contributed by atoms with Crippen LogP contribution in [0.4, 0.5) is 0 Å². The number of benzene rings is 2. The van der Waals surface area contributed by atoms with Crippen LogP contribution in [-0.4, -0.2) is 24.7 Å². The van der Waals surface area contributed by atoms with Gasteiger partial charge in [-0.1, -0.05) is 29.3 Å². The Hall–Kier alpha value is -2.18. The van der Waals surface area contributed by atoms with E-state index in [2.05, 4.69) is 16.9 Å². The number of hydrogen-bond acceptors (Lipinski definition) is 4. The third-order valence-electron chi connectivity index (χ3n) is 3.41. The van der Waals surface area contributed by atoms with Gasteiger partial charge >= 0.3 is 0 Å². The first-order valence-corrected chi connectivity index (χ1v) is 8.90. The van der Waals surface area contributed by atoms with E-state index in [4.69, 9.17) is 16.3 Å². The minimum Gasteiger partial charge on any atom is -0.496 e. The Morgan fingerprint density at radius 3 is 2.56 bits per heavy atom. The first-order chi connectivity index (χ1) is 11.9. The molecule has 0 aliphatic rings. The summed E-state index contributed by atoms with van der Waals surface area (Å²) in [7, 11) is 1.46. The first-order valence-electron chi connectivity index (χ1n) is 7.53. The highest BCUT2D eigenvalue weighted by Crippen LogP contribution is 2.23. The molecule has 2 N–H and O–H groups in total. The van der Waals surface area contributed by atoms with E-state index in [0.717, 1.165) is 10.5 Å². The van der Waals surface area contributed by atoms with Crippen molar-refractivity contribution in [2.24, 2.45) is 0 Å². The molecule has 0 fully saturated rings. The number of hydrogen-bond donors (Lipinski definition) is 2. The topological polar surface area (TPSA) is 67.4 Å². The van der Waals surface area contributed by atoms with Crippen molar-refractivity contribution in [2.45, 2.75) is 18.7 Å². The van der Waals surface area contributed by atoms with Crippen molar-refractivity contribution in [3.63, 3.8) is 0 Å². The summed E-state index contributed by atoms with van der Waals surface area (Å²) in [5.41, 5.74) is 7.30. The van der Waals surface area contributed by atoms with Gasteiger partial charge in [0.15, 0.2) is 0 Å². The van der Waals surface area contributed by atoms with Crippen LogP contribution in [0.3, 0.4) is 0 Å². The maximum Gasteiger partial charge on any atom is 0.273 e. The summed E-state index contributed by atoms with van der Waals surface area (Å²) in [6, 6.07) is 10.7. The first kappa shape index (κ1) is 19.1. The van der Waals surface area contributed by atoms with Crippen LogP contribution in [0.15, 0.2) is 41.3 Å². The molecule has 0 aliphatic carbocycles. The summed E-state index contributed by atoms with van der Waals surface area (Å²) in [5, 5.41) is 0.405. The van der Waals surface area contributed by atoms with Crippen LogP contribution in [0.2, 0.25) is 5.02 Å². The Morgan fingerprint density at radius 1 is 1.12 bits per heavy atom. The fourth-order valence-corrected chi connectivity index (χ4v) is 3.17. The molecule has 0 aromatic heterocycles. The van der Waals surface area contributed by atoms with Gasteiger partial charge in [0.25, 0.3) is 5.91 Å². The maximum atomic E-state index is 12.2. The normalized spacial score (nSPS) is 10.2. The lowest BCUT2D eigenvalue weighted by Crippen LogP contribution is -2.42. The molecule has 2 amide bonds. The quantitative estimate of drug-likeness (QED) is 0.617. The van der Waals surface area contributed by atoms with Crippen molar-refractivity contribution in [2.75, 3.05) is 12.9 Å². The van der Waals surface area contributed by atoms with Gasteiger partial charge in [-0.3, -0.25) is 20.4 Å². The van der Waals surface area contributed by atoms with E-state index in [1.54, 1.807) is 12.1 Å². The Labute approximate surface area is 156 Å². The number of thioether (sulfide) groups is 1. The Bertz CT molecular complexity index is 796. The van der Waals surface area contributed by atoms with Crippen molar-refractivity contribution in [1.29, 1.82) is 0 Å². The van der Waals surface area contributed by atoms with Crippen LogP contribution < -0.4 is 15.6 Å². The molecule has 5 nitrogen and oxygen atoms in total. The molecule has 0 spiro atoms. The Balaban J connectivity index is 1.89. The third kappa shape index (κ3) is 5.41. The van der Waals surface area contributed by atoms with Gasteiger partial charge in [0.05, 0.1) is 18.4 Å². The highest BCUT2D eigenvalue weighted by Gasteiger charge is 2.14. The lowest BCUT2D eigenvalue weighted by atomic mass is 10.2. The molecule has 0 saturated heterocycles. The molecule has 0 radical (unpaired) electrons. The molecular formula is C18H19ClN2O3S. The predicted molar refractivity (Wildman–Crippen MR) is 100 cm³/mol. The summed E-state index contributed by atoms with van der Waals surface area (Å²) in [6.07, 6.45) is 0. The molecule has 0 aliphatic heterocycles. The van der Waals surface area contributed by atoms with E-state index >= 15 is 0 Å². The monoisotopic (exact) mass is 378 g/mol. The fraction of sp³-hybridized carbons (Fsp3) is 0.222. The van der Waals surface area contributed by atoms with E-state index in [1.807, 2.05) is 26.0 Å². The van der Waals surface area contributed by atoms with E-state index in [1.165, 1.54) is 30.5 Å². The van der Waals surface area contributed by atoms with E-state index < -0.39 is 5.91 Å². The minimum absolute atomic E-state index is 0.191. The van der Waals surface area contributed by atoms with Crippen molar-refractivity contribution in [1.82, 2.24) is 10.9 Å². The zero-order valence-corrected chi connectivity index (χ0v) is 15.8. The second kappa shape index (κ2) is 8.78. The summed E-state index contributed by atoms with van der Waals surface area (Å²) >= 11 is 7.31. The SMILES string of the molecule is COc1ccc(Cl)cc1C(=O)NNC(=O)CSc1ccc(C)cc1C. The zero-order valence-electron chi connectivity index (χ0n) is 14.2. The molecule has 0 unspecified atom stereocenters. The van der Waals surface area contributed by atoms with E-state index in [-0.39, 0.29) is 17.2 Å². The molecule has 2 aromatic rings. The van der Waals surface area contributed by atoms with Crippen molar-refractivity contribution in [3.05, 3.63) is 58.1 Å². The number of amides is 2. The fourth-order valence-electron chi connectivity index (χ4n) is 2.19. The molecular weight excluding hydrogens is 360 g/mol. The number of rotatable bonds is 5. The molecule has 132 valence electrons. The lowest BCUT2D eigenvalue weighted by Gasteiger charge is -2.11. The second-order valence-electron chi connectivity index (χ2n) is 5.40. The van der Waals surface area contributed by atoms with Gasteiger partial charge in [-0.05, 0) is 43.7 Å². The predicted octanol–water partition coefficient (Wildman–Crippen LogP) is 3.52. The van der Waals surface area contributed by atoms with Gasteiger partial charge in [0.1, 0.15) is 5.75 Å². The zero-order chi connectivity index (χ0) is 18.4. The summed E-state index contributed by atoms with van der Waals surface area (Å²) < 4.78 is 5.12. The van der Waals surface area contributed by atoms with E-state index in [9.17, 15) is 9.59 Å². The molecule has 0 bridgehead atoms. The number of aryl methyl sites for hydroxylation is 2. The van der Waals surface area contributed by atoms with Gasteiger partial charge in [0, 0.05) is 9.92 Å².